The van der Waals surface area contributed by atoms with Crippen molar-refractivity contribution in [3.63, 3.8) is 0 Å². The Hall–Kier alpha value is -2.34. The Labute approximate surface area is 113 Å². The number of non-ortho nitro benzene ring substituents is 1. The minimum Gasteiger partial charge on any atom is -0.397 e. The molecule has 0 heterocycles. The van der Waals surface area contributed by atoms with Crippen molar-refractivity contribution in [1.29, 1.82) is 0 Å². The van der Waals surface area contributed by atoms with E-state index in [9.17, 15) is 14.5 Å². The molecule has 0 fully saturated rings. The lowest BCUT2D eigenvalue weighted by Gasteiger charge is -2.11. The highest BCUT2D eigenvalue weighted by Crippen LogP contribution is 2.32. The van der Waals surface area contributed by atoms with Gasteiger partial charge < -0.3 is 11.1 Å². The number of anilines is 3. The Bertz CT molecular complexity index is 629. The third-order valence-electron chi connectivity index (χ3n) is 2.47. The molecule has 0 bridgehead atoms. The van der Waals surface area contributed by atoms with E-state index in [-0.39, 0.29) is 22.1 Å². The van der Waals surface area contributed by atoms with E-state index in [2.05, 4.69) is 5.32 Å². The van der Waals surface area contributed by atoms with E-state index < -0.39 is 10.7 Å². The number of nitrogens with two attached hydrogens (primary N) is 1. The fourth-order valence-corrected chi connectivity index (χ4v) is 1.74. The normalized spacial score (nSPS) is 10.2. The molecule has 0 amide bonds. The first-order valence-corrected chi connectivity index (χ1v) is 5.62. The molecule has 5 nitrogen and oxygen atoms in total. The monoisotopic (exact) mass is 281 g/mol. The molecule has 2 aromatic rings. The second-order valence-corrected chi connectivity index (χ2v) is 4.16. The van der Waals surface area contributed by atoms with Crippen molar-refractivity contribution in [3.8, 4) is 0 Å². The topological polar surface area (TPSA) is 81.2 Å². The summed E-state index contributed by atoms with van der Waals surface area (Å²) in [6, 6.07) is 8.10. The Kier molecular flexibility index (Phi) is 3.52. The second kappa shape index (κ2) is 5.11. The molecule has 98 valence electrons. The van der Waals surface area contributed by atoms with Crippen LogP contribution in [0.1, 0.15) is 0 Å². The van der Waals surface area contributed by atoms with E-state index in [1.54, 1.807) is 0 Å². The van der Waals surface area contributed by atoms with Gasteiger partial charge in [0.1, 0.15) is 5.82 Å². The second-order valence-electron chi connectivity index (χ2n) is 3.75. The van der Waals surface area contributed by atoms with Crippen LogP contribution in [0.5, 0.6) is 0 Å². The molecule has 0 saturated carbocycles. The highest BCUT2D eigenvalue weighted by atomic mass is 35.5. The fourth-order valence-electron chi connectivity index (χ4n) is 1.53. The summed E-state index contributed by atoms with van der Waals surface area (Å²) < 4.78 is 13.6. The molecule has 0 unspecified atom stereocenters. The van der Waals surface area contributed by atoms with Gasteiger partial charge in [0.2, 0.25) is 0 Å². The first-order chi connectivity index (χ1) is 8.99. The molecule has 0 aromatic heterocycles. The van der Waals surface area contributed by atoms with Gasteiger partial charge in [-0.3, -0.25) is 10.1 Å². The Balaban J connectivity index is 2.36. The van der Waals surface area contributed by atoms with E-state index >= 15 is 0 Å². The summed E-state index contributed by atoms with van der Waals surface area (Å²) in [5.41, 5.74) is 6.09. The fraction of sp³-hybridized carbons (Fsp3) is 0. The Morgan fingerprint density at radius 1 is 1.32 bits per heavy atom. The quantitative estimate of drug-likeness (QED) is 0.510. The molecule has 7 heteroatoms. The third kappa shape index (κ3) is 2.74. The van der Waals surface area contributed by atoms with Crippen LogP contribution in [0.25, 0.3) is 0 Å². The van der Waals surface area contributed by atoms with Gasteiger partial charge in [0.15, 0.2) is 0 Å². The van der Waals surface area contributed by atoms with Gasteiger partial charge in [-0.2, -0.15) is 0 Å². The van der Waals surface area contributed by atoms with Gasteiger partial charge in [0, 0.05) is 12.1 Å². The Morgan fingerprint density at radius 2 is 2.05 bits per heavy atom. The van der Waals surface area contributed by atoms with E-state index in [0.29, 0.717) is 5.69 Å². The molecular weight excluding hydrogens is 273 g/mol. The molecule has 0 saturated heterocycles. The summed E-state index contributed by atoms with van der Waals surface area (Å²) in [7, 11) is 0. The molecule has 0 aliphatic carbocycles. The van der Waals surface area contributed by atoms with Crippen molar-refractivity contribution < 1.29 is 9.31 Å². The van der Waals surface area contributed by atoms with Crippen molar-refractivity contribution in [2.45, 2.75) is 0 Å². The number of halogens is 2. The minimum absolute atomic E-state index is 0.0738. The molecule has 3 N–H and O–H groups in total. The highest BCUT2D eigenvalue weighted by molar-refractivity contribution is 6.33. The number of nitrogen functional groups attached to an aromatic ring is 1. The number of nitrogens with one attached hydrogen (secondary N) is 1. The molecule has 2 aromatic carbocycles. The molecule has 0 atom stereocenters. The predicted octanol–water partition coefficient (Wildman–Crippen LogP) is 3.71. The van der Waals surface area contributed by atoms with Gasteiger partial charge in [0.05, 0.1) is 27.0 Å². The van der Waals surface area contributed by atoms with Gasteiger partial charge in [-0.05, 0) is 18.2 Å². The largest absolute Gasteiger partial charge is 0.397 e. The average Bonchev–Trinajstić information content (AvgIpc) is 2.35. The zero-order chi connectivity index (χ0) is 14.0. The van der Waals surface area contributed by atoms with Gasteiger partial charge in [-0.1, -0.05) is 17.7 Å². The number of hydrogen-bond donors (Lipinski definition) is 2. The van der Waals surface area contributed by atoms with Crippen molar-refractivity contribution >= 4 is 34.4 Å². The number of nitrogens with zero attached hydrogens (tertiary/aromatic N) is 1. The lowest BCUT2D eigenvalue weighted by atomic mass is 10.2. The maximum atomic E-state index is 13.6. The first kappa shape index (κ1) is 13.1. The van der Waals surface area contributed by atoms with Crippen LogP contribution >= 0.6 is 11.6 Å². The molecule has 19 heavy (non-hydrogen) atoms. The van der Waals surface area contributed by atoms with Gasteiger partial charge in [-0.15, -0.1) is 0 Å². The standard InChI is InChI=1S/C12H9ClFN3O2/c13-8-2-1-3-9(14)12(8)16-11-5-4-7(17(18)19)6-10(11)15/h1-6,16H,15H2. The average molecular weight is 282 g/mol. The maximum Gasteiger partial charge on any atom is 0.271 e. The van der Waals surface area contributed by atoms with Gasteiger partial charge in [0.25, 0.3) is 5.69 Å². The van der Waals surface area contributed by atoms with E-state index in [1.165, 1.54) is 36.4 Å². The Morgan fingerprint density at radius 3 is 2.63 bits per heavy atom. The van der Waals surface area contributed by atoms with Crippen LogP contribution < -0.4 is 11.1 Å². The number of nitro groups is 1. The summed E-state index contributed by atoms with van der Waals surface area (Å²) in [6.45, 7) is 0. The third-order valence-corrected chi connectivity index (χ3v) is 2.78. The van der Waals surface area contributed by atoms with Crippen molar-refractivity contribution in [3.05, 3.63) is 57.4 Å². The zero-order valence-electron chi connectivity index (χ0n) is 9.56. The van der Waals surface area contributed by atoms with Crippen LogP contribution in [0.4, 0.5) is 27.1 Å². The molecule has 2 rings (SSSR count). The van der Waals surface area contributed by atoms with Crippen molar-refractivity contribution in [1.82, 2.24) is 0 Å². The number of benzene rings is 2. The number of nitro benzene ring substituents is 1. The molecule has 0 aliphatic heterocycles. The van der Waals surface area contributed by atoms with Crippen molar-refractivity contribution in [2.24, 2.45) is 0 Å². The number of para-hydroxylation sites is 1. The summed E-state index contributed by atoms with van der Waals surface area (Å²) in [5.74, 6) is -0.537. The lowest BCUT2D eigenvalue weighted by Crippen LogP contribution is -2.00. The van der Waals surface area contributed by atoms with Gasteiger partial charge >= 0.3 is 0 Å². The van der Waals surface area contributed by atoms with Crippen molar-refractivity contribution in [2.75, 3.05) is 11.1 Å². The summed E-state index contributed by atoms with van der Waals surface area (Å²) in [5, 5.41) is 13.5. The zero-order valence-corrected chi connectivity index (χ0v) is 10.3. The van der Waals surface area contributed by atoms with Crippen LogP contribution in [0.2, 0.25) is 5.02 Å². The van der Waals surface area contributed by atoms with Gasteiger partial charge in [-0.25, -0.2) is 4.39 Å². The number of hydrogen-bond acceptors (Lipinski definition) is 4. The smallest absolute Gasteiger partial charge is 0.271 e. The predicted molar refractivity (Wildman–Crippen MR) is 72.2 cm³/mol. The summed E-state index contributed by atoms with van der Waals surface area (Å²) >= 11 is 5.86. The highest BCUT2D eigenvalue weighted by Gasteiger charge is 2.12. The van der Waals surface area contributed by atoms with Crippen LogP contribution in [-0.4, -0.2) is 4.92 Å². The van der Waals surface area contributed by atoms with E-state index in [0.717, 1.165) is 0 Å². The molecule has 0 spiro atoms. The van der Waals surface area contributed by atoms with Crippen LogP contribution in [0.3, 0.4) is 0 Å². The SMILES string of the molecule is Nc1cc([N+](=O)[O-])ccc1Nc1c(F)cccc1Cl. The van der Waals surface area contributed by atoms with Crippen LogP contribution in [0.15, 0.2) is 36.4 Å². The van der Waals surface area contributed by atoms with E-state index in [4.69, 9.17) is 17.3 Å². The first-order valence-electron chi connectivity index (χ1n) is 5.24. The maximum absolute atomic E-state index is 13.6. The minimum atomic E-state index is -0.559. The molecule has 0 aliphatic rings. The molecule has 0 radical (unpaired) electrons. The van der Waals surface area contributed by atoms with Crippen LogP contribution in [0, 0.1) is 15.9 Å². The molecular formula is C12H9ClFN3O2. The lowest BCUT2D eigenvalue weighted by molar-refractivity contribution is -0.384. The number of rotatable bonds is 3. The van der Waals surface area contributed by atoms with E-state index in [1.807, 2.05) is 0 Å². The summed E-state index contributed by atoms with van der Waals surface area (Å²) in [6.07, 6.45) is 0. The summed E-state index contributed by atoms with van der Waals surface area (Å²) in [4.78, 5) is 10.0. The van der Waals surface area contributed by atoms with Crippen LogP contribution in [-0.2, 0) is 0 Å².